The number of carboxylic acids is 1. The fourth-order valence-electron chi connectivity index (χ4n) is 2.34. The van der Waals surface area contributed by atoms with Crippen LogP contribution in [-0.2, 0) is 9.59 Å². The molecule has 3 heteroatoms. The maximum absolute atomic E-state index is 11.5. The molecule has 0 aromatic heterocycles. The van der Waals surface area contributed by atoms with Crippen molar-refractivity contribution in [1.29, 1.82) is 0 Å². The number of unbranched alkanes of at least 4 members (excludes halogenated alkanes) is 3. The Bertz CT molecular complexity index is 235. The van der Waals surface area contributed by atoms with Crippen molar-refractivity contribution in [2.75, 3.05) is 0 Å². The summed E-state index contributed by atoms with van der Waals surface area (Å²) in [5, 5.41) is 10.8. The van der Waals surface area contributed by atoms with Gasteiger partial charge >= 0.3 is 0 Å². The van der Waals surface area contributed by atoms with Gasteiger partial charge in [-0.05, 0) is 12.8 Å². The van der Waals surface area contributed by atoms with Crippen LogP contribution in [0.2, 0.25) is 0 Å². The summed E-state index contributed by atoms with van der Waals surface area (Å²) in [4.78, 5) is 22.2. The van der Waals surface area contributed by atoms with Gasteiger partial charge in [-0.2, -0.15) is 0 Å². The van der Waals surface area contributed by atoms with Crippen molar-refractivity contribution < 1.29 is 14.7 Å². The molecular formula is C12H19O3-. The monoisotopic (exact) mass is 211 g/mol. The first-order chi connectivity index (χ1) is 7.16. The van der Waals surface area contributed by atoms with Gasteiger partial charge in [-0.1, -0.05) is 32.6 Å². The average molecular weight is 211 g/mol. The Morgan fingerprint density at radius 2 is 2.13 bits per heavy atom. The molecule has 86 valence electrons. The number of Topliss-reactive ketones (excluding diaryl/α,β-unsaturated/α-hetero) is 1. The van der Waals surface area contributed by atoms with Crippen LogP contribution < -0.4 is 5.11 Å². The summed E-state index contributed by atoms with van der Waals surface area (Å²) in [5.74, 6) is -1.69. The SMILES string of the molecule is CCCCCCC1C(=O)CCC1C(=O)[O-]. The second kappa shape index (κ2) is 5.89. The van der Waals surface area contributed by atoms with Crippen LogP contribution in [0.1, 0.15) is 51.9 Å². The van der Waals surface area contributed by atoms with Crippen molar-refractivity contribution in [2.24, 2.45) is 11.8 Å². The maximum atomic E-state index is 11.5. The maximum Gasteiger partial charge on any atom is 0.136 e. The molecule has 1 aliphatic rings. The molecule has 1 fully saturated rings. The van der Waals surface area contributed by atoms with E-state index in [1.165, 1.54) is 0 Å². The van der Waals surface area contributed by atoms with E-state index in [-0.39, 0.29) is 11.7 Å². The predicted octanol–water partition coefficient (Wildman–Crippen LogP) is 1.30. The normalized spacial score (nSPS) is 25.8. The molecule has 1 rings (SSSR count). The highest BCUT2D eigenvalue weighted by atomic mass is 16.4. The zero-order valence-electron chi connectivity index (χ0n) is 9.33. The smallest absolute Gasteiger partial charge is 0.136 e. The molecular weight excluding hydrogens is 192 g/mol. The zero-order valence-corrected chi connectivity index (χ0v) is 9.33. The van der Waals surface area contributed by atoms with Crippen molar-refractivity contribution in [1.82, 2.24) is 0 Å². The minimum atomic E-state index is -1.04. The Labute approximate surface area is 90.9 Å². The summed E-state index contributed by atoms with van der Waals surface area (Å²) in [6.45, 7) is 2.13. The molecule has 0 radical (unpaired) electrons. The number of carbonyl (C=O) groups is 2. The molecule has 0 aromatic rings. The molecule has 0 heterocycles. The van der Waals surface area contributed by atoms with Gasteiger partial charge in [0, 0.05) is 24.2 Å². The summed E-state index contributed by atoms with van der Waals surface area (Å²) in [7, 11) is 0. The first-order valence-corrected chi connectivity index (χ1v) is 5.90. The number of ketones is 1. The predicted molar refractivity (Wildman–Crippen MR) is 55.0 cm³/mol. The Hall–Kier alpha value is -0.860. The van der Waals surface area contributed by atoms with Gasteiger partial charge in [0.25, 0.3) is 0 Å². The first kappa shape index (κ1) is 12.2. The van der Waals surface area contributed by atoms with Gasteiger partial charge in [-0.25, -0.2) is 0 Å². The zero-order chi connectivity index (χ0) is 11.3. The van der Waals surface area contributed by atoms with Crippen LogP contribution in [0.4, 0.5) is 0 Å². The lowest BCUT2D eigenvalue weighted by Crippen LogP contribution is -2.34. The molecule has 0 aliphatic heterocycles. The van der Waals surface area contributed by atoms with E-state index in [1.807, 2.05) is 0 Å². The van der Waals surface area contributed by atoms with Crippen LogP contribution in [0.15, 0.2) is 0 Å². The van der Waals surface area contributed by atoms with Gasteiger partial charge in [-0.3, -0.25) is 4.79 Å². The summed E-state index contributed by atoms with van der Waals surface area (Å²) in [5.41, 5.74) is 0. The number of rotatable bonds is 6. The third-order valence-corrected chi connectivity index (χ3v) is 3.27. The van der Waals surface area contributed by atoms with E-state index in [4.69, 9.17) is 0 Å². The van der Waals surface area contributed by atoms with Crippen LogP contribution in [0.25, 0.3) is 0 Å². The van der Waals surface area contributed by atoms with Gasteiger partial charge in [0.05, 0.1) is 0 Å². The van der Waals surface area contributed by atoms with Gasteiger partial charge in [0.2, 0.25) is 0 Å². The van der Waals surface area contributed by atoms with E-state index < -0.39 is 11.9 Å². The highest BCUT2D eigenvalue weighted by molar-refractivity contribution is 5.89. The van der Waals surface area contributed by atoms with Crippen LogP contribution in [-0.4, -0.2) is 11.8 Å². The van der Waals surface area contributed by atoms with Crippen molar-refractivity contribution in [2.45, 2.75) is 51.9 Å². The number of aliphatic carboxylic acids is 1. The first-order valence-electron chi connectivity index (χ1n) is 5.90. The fourth-order valence-corrected chi connectivity index (χ4v) is 2.34. The molecule has 2 atom stereocenters. The van der Waals surface area contributed by atoms with Crippen molar-refractivity contribution >= 4 is 11.8 Å². The minimum absolute atomic E-state index is 0.126. The highest BCUT2D eigenvalue weighted by Crippen LogP contribution is 2.32. The van der Waals surface area contributed by atoms with Gasteiger partial charge in [0.1, 0.15) is 5.78 Å². The van der Waals surface area contributed by atoms with E-state index in [9.17, 15) is 14.7 Å². The summed E-state index contributed by atoms with van der Waals surface area (Å²) in [6, 6.07) is 0. The third kappa shape index (κ3) is 3.33. The second-order valence-electron chi connectivity index (χ2n) is 4.39. The Kier molecular flexibility index (Phi) is 4.79. The lowest BCUT2D eigenvalue weighted by atomic mass is 9.90. The summed E-state index contributed by atoms with van der Waals surface area (Å²) < 4.78 is 0. The van der Waals surface area contributed by atoms with Crippen LogP contribution in [0.3, 0.4) is 0 Å². The summed E-state index contributed by atoms with van der Waals surface area (Å²) >= 11 is 0. The van der Waals surface area contributed by atoms with E-state index in [2.05, 4.69) is 6.92 Å². The van der Waals surface area contributed by atoms with Crippen molar-refractivity contribution in [3.63, 3.8) is 0 Å². The molecule has 3 nitrogen and oxygen atoms in total. The fraction of sp³-hybridized carbons (Fsp3) is 0.833. The van der Waals surface area contributed by atoms with Crippen LogP contribution >= 0.6 is 0 Å². The number of hydrogen-bond donors (Lipinski definition) is 0. The summed E-state index contributed by atoms with van der Waals surface area (Å²) in [6.07, 6.45) is 6.03. The number of hydrogen-bond acceptors (Lipinski definition) is 3. The Morgan fingerprint density at radius 1 is 1.40 bits per heavy atom. The molecule has 1 aliphatic carbocycles. The molecule has 1 saturated carbocycles. The molecule has 15 heavy (non-hydrogen) atoms. The lowest BCUT2D eigenvalue weighted by molar-refractivity contribution is -0.312. The van der Waals surface area contributed by atoms with E-state index in [0.29, 0.717) is 12.8 Å². The third-order valence-electron chi connectivity index (χ3n) is 3.27. The Morgan fingerprint density at radius 3 is 2.73 bits per heavy atom. The largest absolute Gasteiger partial charge is 0.550 e. The van der Waals surface area contributed by atoms with E-state index in [0.717, 1.165) is 32.1 Å². The molecule has 0 amide bonds. The molecule has 0 spiro atoms. The van der Waals surface area contributed by atoms with Crippen molar-refractivity contribution in [3.05, 3.63) is 0 Å². The second-order valence-corrected chi connectivity index (χ2v) is 4.39. The number of carbonyl (C=O) groups excluding carboxylic acids is 2. The molecule has 0 N–H and O–H groups in total. The minimum Gasteiger partial charge on any atom is -0.550 e. The molecule has 0 aromatic carbocycles. The standard InChI is InChI=1S/C12H20O3/c1-2-3-4-5-6-9-10(12(14)15)7-8-11(9)13/h9-10H,2-8H2,1H3,(H,14,15)/p-1. The molecule has 2 unspecified atom stereocenters. The van der Waals surface area contributed by atoms with Crippen LogP contribution in [0, 0.1) is 11.8 Å². The lowest BCUT2D eigenvalue weighted by Gasteiger charge is -2.18. The van der Waals surface area contributed by atoms with Gasteiger partial charge in [0.15, 0.2) is 0 Å². The van der Waals surface area contributed by atoms with E-state index >= 15 is 0 Å². The quantitative estimate of drug-likeness (QED) is 0.622. The van der Waals surface area contributed by atoms with Gasteiger partial charge in [-0.15, -0.1) is 0 Å². The topological polar surface area (TPSA) is 57.2 Å². The number of carboxylic acid groups (broad SMARTS) is 1. The average Bonchev–Trinajstić information content (AvgIpc) is 2.55. The van der Waals surface area contributed by atoms with Gasteiger partial charge < -0.3 is 9.90 Å². The van der Waals surface area contributed by atoms with Crippen molar-refractivity contribution in [3.8, 4) is 0 Å². The highest BCUT2D eigenvalue weighted by Gasteiger charge is 2.34. The van der Waals surface area contributed by atoms with E-state index in [1.54, 1.807) is 0 Å². The Balaban J connectivity index is 2.36. The van der Waals surface area contributed by atoms with Crippen LogP contribution in [0.5, 0.6) is 0 Å². The molecule has 0 bridgehead atoms. The molecule has 0 saturated heterocycles.